The van der Waals surface area contributed by atoms with Gasteiger partial charge in [-0.3, -0.25) is 4.79 Å². The van der Waals surface area contributed by atoms with E-state index in [9.17, 15) is 9.59 Å². The smallest absolute Gasteiger partial charge is 0.338 e. The molecule has 0 unspecified atom stereocenters. The summed E-state index contributed by atoms with van der Waals surface area (Å²) in [6.07, 6.45) is 2.26. The van der Waals surface area contributed by atoms with E-state index in [2.05, 4.69) is 4.99 Å². The summed E-state index contributed by atoms with van der Waals surface area (Å²) in [6.45, 7) is 2.84. The maximum Gasteiger partial charge on any atom is 0.338 e. The molecule has 0 aliphatic carbocycles. The van der Waals surface area contributed by atoms with Gasteiger partial charge in [-0.2, -0.15) is 16.8 Å². The Hall–Kier alpha value is -1.61. The van der Waals surface area contributed by atoms with Gasteiger partial charge in [0, 0.05) is 17.2 Å². The summed E-state index contributed by atoms with van der Waals surface area (Å²) in [4.78, 5) is 30.4. The Labute approximate surface area is 180 Å². The number of aryl methyl sites for hydroxylation is 1. The van der Waals surface area contributed by atoms with Gasteiger partial charge in [0.05, 0.1) is 33.1 Å². The summed E-state index contributed by atoms with van der Waals surface area (Å²) in [5.74, 6) is 0.332. The number of halogens is 1. The minimum atomic E-state index is -0.349. The average Bonchev–Trinajstić information content (AvgIpc) is 3.22. The lowest BCUT2D eigenvalue weighted by atomic mass is 10.2. The second-order valence-corrected chi connectivity index (χ2v) is 9.61. The van der Waals surface area contributed by atoms with E-state index in [1.165, 1.54) is 22.7 Å². The number of carbonyl (C=O) groups excluding carboxylic acids is 2. The average molecular weight is 455 g/mol. The van der Waals surface area contributed by atoms with Crippen LogP contribution in [0.4, 0.5) is 0 Å². The zero-order valence-electron chi connectivity index (χ0n) is 15.4. The molecule has 0 aliphatic rings. The SMILES string of the molecule is CCOC(=O)c1ccc2c(c1)sc(=NC(=O)Cc1ccc(Cl)s1)n2CCSC. The third-order valence-corrected chi connectivity index (χ3v) is 6.75. The van der Waals surface area contributed by atoms with Crippen molar-refractivity contribution in [3.63, 3.8) is 0 Å². The van der Waals surface area contributed by atoms with Gasteiger partial charge in [-0.15, -0.1) is 11.3 Å². The van der Waals surface area contributed by atoms with E-state index in [1.54, 1.807) is 36.9 Å². The minimum Gasteiger partial charge on any atom is -0.462 e. The van der Waals surface area contributed by atoms with E-state index in [1.807, 2.05) is 23.0 Å². The number of aromatic nitrogens is 1. The number of thioether (sulfide) groups is 1. The lowest BCUT2D eigenvalue weighted by Gasteiger charge is -2.05. The van der Waals surface area contributed by atoms with E-state index in [4.69, 9.17) is 16.3 Å². The molecule has 0 spiro atoms. The first kappa shape index (κ1) is 21.1. The number of nitrogens with zero attached hydrogens (tertiary/aromatic N) is 2. The summed E-state index contributed by atoms with van der Waals surface area (Å²) >= 11 is 10.5. The molecule has 0 atom stereocenters. The summed E-state index contributed by atoms with van der Waals surface area (Å²) in [5.41, 5.74) is 1.46. The first-order valence-electron chi connectivity index (χ1n) is 8.63. The highest BCUT2D eigenvalue weighted by atomic mass is 35.5. The highest BCUT2D eigenvalue weighted by Gasteiger charge is 2.13. The van der Waals surface area contributed by atoms with E-state index in [0.29, 0.717) is 21.3 Å². The Balaban J connectivity index is 1.98. The van der Waals surface area contributed by atoms with Crippen molar-refractivity contribution in [2.45, 2.75) is 19.9 Å². The Morgan fingerprint density at radius 3 is 2.75 bits per heavy atom. The Morgan fingerprint density at radius 2 is 2.07 bits per heavy atom. The molecule has 3 aromatic rings. The number of thiophene rings is 1. The molecule has 3 rings (SSSR count). The van der Waals surface area contributed by atoms with Gasteiger partial charge in [-0.1, -0.05) is 22.9 Å². The first-order chi connectivity index (χ1) is 13.5. The first-order valence-corrected chi connectivity index (χ1v) is 12.0. The van der Waals surface area contributed by atoms with Gasteiger partial charge in [0.25, 0.3) is 5.91 Å². The van der Waals surface area contributed by atoms with Crippen molar-refractivity contribution >= 4 is 68.1 Å². The van der Waals surface area contributed by atoms with Crippen molar-refractivity contribution in [2.75, 3.05) is 18.6 Å². The Kier molecular flexibility index (Phi) is 7.34. The molecular formula is C19H19ClN2O3S3. The molecule has 148 valence electrons. The fourth-order valence-electron chi connectivity index (χ4n) is 2.64. The van der Waals surface area contributed by atoms with Crippen molar-refractivity contribution in [2.24, 2.45) is 4.99 Å². The number of amides is 1. The largest absolute Gasteiger partial charge is 0.462 e. The van der Waals surface area contributed by atoms with Crippen LogP contribution in [0, 0.1) is 0 Å². The Bertz CT molecular complexity index is 1070. The Morgan fingerprint density at radius 1 is 1.25 bits per heavy atom. The van der Waals surface area contributed by atoms with Crippen LogP contribution in [0.25, 0.3) is 10.2 Å². The van der Waals surface area contributed by atoms with Gasteiger partial charge in [0.1, 0.15) is 0 Å². The molecule has 0 bridgehead atoms. The lowest BCUT2D eigenvalue weighted by Crippen LogP contribution is -2.18. The predicted octanol–water partition coefficient (Wildman–Crippen LogP) is 4.63. The van der Waals surface area contributed by atoms with Crippen LogP contribution in [-0.4, -0.2) is 35.1 Å². The zero-order chi connectivity index (χ0) is 20.1. The summed E-state index contributed by atoms with van der Waals surface area (Å²) < 4.78 is 8.67. The molecule has 28 heavy (non-hydrogen) atoms. The molecule has 5 nitrogen and oxygen atoms in total. The van der Waals surface area contributed by atoms with Gasteiger partial charge >= 0.3 is 5.97 Å². The quantitative estimate of drug-likeness (QED) is 0.488. The van der Waals surface area contributed by atoms with E-state index < -0.39 is 0 Å². The summed E-state index contributed by atoms with van der Waals surface area (Å²) in [7, 11) is 0. The molecule has 1 aromatic carbocycles. The van der Waals surface area contributed by atoms with Crippen LogP contribution in [0.5, 0.6) is 0 Å². The van der Waals surface area contributed by atoms with Crippen LogP contribution in [-0.2, 0) is 22.5 Å². The number of hydrogen-bond acceptors (Lipinski definition) is 6. The van der Waals surface area contributed by atoms with Gasteiger partial charge in [0.15, 0.2) is 4.80 Å². The van der Waals surface area contributed by atoms with Crippen LogP contribution >= 0.6 is 46.0 Å². The normalized spacial score (nSPS) is 11.9. The van der Waals surface area contributed by atoms with E-state index in [-0.39, 0.29) is 18.3 Å². The maximum atomic E-state index is 12.5. The fourth-order valence-corrected chi connectivity index (χ4v) is 5.20. The monoisotopic (exact) mass is 454 g/mol. The highest BCUT2D eigenvalue weighted by molar-refractivity contribution is 7.98. The maximum absolute atomic E-state index is 12.5. The molecule has 9 heteroatoms. The van der Waals surface area contributed by atoms with Crippen molar-refractivity contribution < 1.29 is 14.3 Å². The van der Waals surface area contributed by atoms with Crippen LogP contribution < -0.4 is 4.80 Å². The lowest BCUT2D eigenvalue weighted by molar-refractivity contribution is -0.117. The van der Waals surface area contributed by atoms with Crippen molar-refractivity contribution in [3.05, 3.63) is 49.9 Å². The molecule has 0 aliphatic heterocycles. The second-order valence-electron chi connectivity index (χ2n) is 5.82. The van der Waals surface area contributed by atoms with E-state index in [0.717, 1.165) is 27.4 Å². The number of fused-ring (bicyclic) bond motifs is 1. The number of rotatable bonds is 7. The van der Waals surface area contributed by atoms with Gasteiger partial charge < -0.3 is 9.30 Å². The molecule has 2 aromatic heterocycles. The molecule has 0 N–H and O–H groups in total. The molecule has 0 fully saturated rings. The van der Waals surface area contributed by atoms with Crippen LogP contribution in [0.3, 0.4) is 0 Å². The van der Waals surface area contributed by atoms with E-state index >= 15 is 0 Å². The topological polar surface area (TPSA) is 60.7 Å². The number of hydrogen-bond donors (Lipinski definition) is 0. The molecule has 0 radical (unpaired) electrons. The third kappa shape index (κ3) is 5.05. The summed E-state index contributed by atoms with van der Waals surface area (Å²) in [5, 5.41) is 0. The second kappa shape index (κ2) is 9.73. The minimum absolute atomic E-state index is 0.214. The highest BCUT2D eigenvalue weighted by Crippen LogP contribution is 2.23. The summed E-state index contributed by atoms with van der Waals surface area (Å²) in [6, 6.07) is 9.07. The number of esters is 1. The number of benzene rings is 1. The van der Waals surface area contributed by atoms with Crippen LogP contribution in [0.1, 0.15) is 22.2 Å². The molecule has 1 amide bonds. The molecule has 0 saturated heterocycles. The standard InChI is InChI=1S/C19H19ClN2O3S3/c1-3-25-18(24)12-4-6-14-15(10-12)28-19(22(14)8-9-26-2)21-17(23)11-13-5-7-16(20)27-13/h4-7,10H,3,8-9,11H2,1-2H3. The van der Waals surface area contributed by atoms with Crippen molar-refractivity contribution in [3.8, 4) is 0 Å². The fraction of sp³-hybridized carbons (Fsp3) is 0.316. The number of carbonyl (C=O) groups is 2. The zero-order valence-corrected chi connectivity index (χ0v) is 18.6. The van der Waals surface area contributed by atoms with Crippen molar-refractivity contribution in [1.82, 2.24) is 4.57 Å². The molecule has 0 saturated carbocycles. The van der Waals surface area contributed by atoms with Gasteiger partial charge in [-0.25, -0.2) is 4.79 Å². The molecule has 2 heterocycles. The number of ether oxygens (including phenoxy) is 1. The van der Waals surface area contributed by atoms with Crippen LogP contribution in [0.2, 0.25) is 4.34 Å². The van der Waals surface area contributed by atoms with Crippen LogP contribution in [0.15, 0.2) is 35.3 Å². The van der Waals surface area contributed by atoms with Gasteiger partial charge in [-0.05, 0) is 43.5 Å². The third-order valence-electron chi connectivity index (χ3n) is 3.89. The predicted molar refractivity (Wildman–Crippen MR) is 118 cm³/mol. The van der Waals surface area contributed by atoms with Crippen molar-refractivity contribution in [1.29, 1.82) is 0 Å². The molecular weight excluding hydrogens is 436 g/mol. The van der Waals surface area contributed by atoms with Gasteiger partial charge in [0.2, 0.25) is 0 Å². The number of thiazole rings is 1.